The van der Waals surface area contributed by atoms with Crippen LogP contribution in [0.25, 0.3) is 0 Å². The number of hydrazone groups is 1. The van der Waals surface area contributed by atoms with Gasteiger partial charge in [-0.1, -0.05) is 47.5 Å². The number of rotatable bonds is 10. The van der Waals surface area contributed by atoms with Crippen molar-refractivity contribution >= 4 is 45.9 Å². The molecule has 2 N–H and O–H groups in total. The van der Waals surface area contributed by atoms with E-state index in [1.807, 2.05) is 31.2 Å². The van der Waals surface area contributed by atoms with Crippen molar-refractivity contribution < 1.29 is 27.4 Å². The smallest absolute Gasteiger partial charge is 0.416 e. The molecule has 3 aromatic carbocycles. The van der Waals surface area contributed by atoms with Crippen LogP contribution >= 0.6 is 22.9 Å². The number of carbonyl (C=O) groups is 1. The fourth-order valence-corrected chi connectivity index (χ4v) is 4.64. The van der Waals surface area contributed by atoms with E-state index in [0.717, 1.165) is 23.3 Å². The molecule has 0 spiro atoms. The summed E-state index contributed by atoms with van der Waals surface area (Å²) in [4.78, 5) is 16.6. The van der Waals surface area contributed by atoms with Gasteiger partial charge in [0.05, 0.1) is 36.0 Å². The zero-order chi connectivity index (χ0) is 28.7. The second-order valence-electron chi connectivity index (χ2n) is 8.63. The number of thiazole rings is 1. The van der Waals surface area contributed by atoms with E-state index in [9.17, 15) is 18.0 Å². The number of carbonyl (C=O) groups excluding carboxylic acids is 1. The van der Waals surface area contributed by atoms with Gasteiger partial charge in [0, 0.05) is 11.1 Å². The second-order valence-corrected chi connectivity index (χ2v) is 9.89. The lowest BCUT2D eigenvalue weighted by atomic mass is 10.1. The molecule has 40 heavy (non-hydrogen) atoms. The Kier molecular flexibility index (Phi) is 9.28. The summed E-state index contributed by atoms with van der Waals surface area (Å²) in [7, 11) is 1.50. The Morgan fingerprint density at radius 2 is 1.95 bits per heavy atom. The van der Waals surface area contributed by atoms with E-state index in [0.29, 0.717) is 39.5 Å². The average molecular weight is 589 g/mol. The number of methoxy groups -OCH3 is 1. The Hall–Kier alpha value is -4.09. The molecule has 1 amide bonds. The Balaban J connectivity index is 1.32. The molecule has 0 atom stereocenters. The van der Waals surface area contributed by atoms with Crippen molar-refractivity contribution in [1.82, 2.24) is 10.4 Å². The van der Waals surface area contributed by atoms with Gasteiger partial charge < -0.3 is 14.8 Å². The first kappa shape index (κ1) is 28.9. The summed E-state index contributed by atoms with van der Waals surface area (Å²) in [5.74, 6) is 0.379. The molecule has 0 aliphatic rings. The summed E-state index contributed by atoms with van der Waals surface area (Å²) in [6, 6.07) is 16.0. The molecule has 0 saturated carbocycles. The number of hydrogen-bond acceptors (Lipinski definition) is 7. The maximum absolute atomic E-state index is 12.9. The number of nitrogens with one attached hydrogen (secondary N) is 2. The van der Waals surface area contributed by atoms with Gasteiger partial charge in [0.25, 0.3) is 0 Å². The molecule has 0 bridgehead atoms. The maximum atomic E-state index is 12.9. The highest BCUT2D eigenvalue weighted by molar-refractivity contribution is 7.13. The maximum Gasteiger partial charge on any atom is 0.416 e. The monoisotopic (exact) mass is 588 g/mol. The fraction of sp³-hybridized carbons (Fsp3) is 0.179. The van der Waals surface area contributed by atoms with Crippen LogP contribution in [0.5, 0.6) is 11.5 Å². The molecule has 4 aromatic rings. The molecule has 0 fully saturated rings. The van der Waals surface area contributed by atoms with E-state index >= 15 is 0 Å². The van der Waals surface area contributed by atoms with E-state index in [4.69, 9.17) is 21.1 Å². The Morgan fingerprint density at radius 1 is 1.15 bits per heavy atom. The van der Waals surface area contributed by atoms with E-state index in [1.54, 1.807) is 17.5 Å². The number of ether oxygens (including phenoxy) is 2. The Labute approximate surface area is 237 Å². The third-order valence-electron chi connectivity index (χ3n) is 5.45. The van der Waals surface area contributed by atoms with Crippen LogP contribution in [0.1, 0.15) is 27.9 Å². The van der Waals surface area contributed by atoms with Crippen LogP contribution in [0, 0.1) is 6.92 Å². The number of nitrogens with zero attached hydrogens (tertiary/aromatic N) is 2. The van der Waals surface area contributed by atoms with Crippen molar-refractivity contribution in [3.05, 3.63) is 99.0 Å². The van der Waals surface area contributed by atoms with Gasteiger partial charge in [0.15, 0.2) is 16.6 Å². The molecule has 0 aliphatic carbocycles. The lowest BCUT2D eigenvalue weighted by Crippen LogP contribution is -2.19. The molecule has 208 valence electrons. The summed E-state index contributed by atoms with van der Waals surface area (Å²) >= 11 is 7.60. The number of anilines is 2. The van der Waals surface area contributed by atoms with Crippen molar-refractivity contribution in [2.24, 2.45) is 5.10 Å². The van der Waals surface area contributed by atoms with Crippen LogP contribution in [-0.4, -0.2) is 24.2 Å². The molecular weight excluding hydrogens is 565 g/mol. The van der Waals surface area contributed by atoms with Crippen molar-refractivity contribution in [3.8, 4) is 11.5 Å². The van der Waals surface area contributed by atoms with Gasteiger partial charge in [0.2, 0.25) is 5.91 Å². The number of halogens is 4. The van der Waals surface area contributed by atoms with E-state index in [2.05, 4.69) is 20.8 Å². The lowest BCUT2D eigenvalue weighted by molar-refractivity contribution is -0.137. The van der Waals surface area contributed by atoms with Crippen LogP contribution in [0.2, 0.25) is 5.02 Å². The predicted octanol–water partition coefficient (Wildman–Crippen LogP) is 7.15. The summed E-state index contributed by atoms with van der Waals surface area (Å²) in [5, 5.41) is 9.11. The van der Waals surface area contributed by atoms with E-state index in [-0.39, 0.29) is 12.1 Å². The molecule has 1 aromatic heterocycles. The van der Waals surface area contributed by atoms with Crippen LogP contribution in [0.3, 0.4) is 0 Å². The van der Waals surface area contributed by atoms with E-state index < -0.39 is 17.6 Å². The first-order valence-corrected chi connectivity index (χ1v) is 13.1. The van der Waals surface area contributed by atoms with Crippen molar-refractivity contribution in [1.29, 1.82) is 0 Å². The largest absolute Gasteiger partial charge is 0.493 e. The predicted molar refractivity (Wildman–Crippen MR) is 150 cm³/mol. The van der Waals surface area contributed by atoms with Crippen LogP contribution in [-0.2, 0) is 24.0 Å². The van der Waals surface area contributed by atoms with Gasteiger partial charge in [-0.2, -0.15) is 18.3 Å². The highest BCUT2D eigenvalue weighted by Crippen LogP contribution is 2.37. The zero-order valence-corrected chi connectivity index (χ0v) is 23.0. The topological polar surface area (TPSA) is 84.8 Å². The number of aryl methyl sites for hydroxylation is 1. The minimum absolute atomic E-state index is 0.0755. The summed E-state index contributed by atoms with van der Waals surface area (Å²) in [5.41, 5.74) is 5.02. The van der Waals surface area contributed by atoms with Gasteiger partial charge in [-0.25, -0.2) is 10.4 Å². The van der Waals surface area contributed by atoms with E-state index in [1.165, 1.54) is 36.8 Å². The molecule has 1 heterocycles. The summed E-state index contributed by atoms with van der Waals surface area (Å²) < 4.78 is 50.1. The quantitative estimate of drug-likeness (QED) is 0.152. The van der Waals surface area contributed by atoms with Gasteiger partial charge in [0.1, 0.15) is 6.61 Å². The number of hydrogen-bond donors (Lipinski definition) is 2. The molecular formula is C28H24ClF3N4O3S. The highest BCUT2D eigenvalue weighted by atomic mass is 35.5. The average Bonchev–Trinajstić information content (AvgIpc) is 3.33. The Morgan fingerprint density at radius 3 is 2.70 bits per heavy atom. The standard InChI is InChI=1S/C28H24ClF3N4O3S/c1-17-5-3-6-18(9-17)15-39-26-23(29)10-19(11-24(26)38-2)14-33-36-25(37)13-22-16-40-27(35-22)34-21-8-4-7-20(12-21)28(30,31)32/h3-12,14,16H,13,15H2,1-2H3,(H,34,35)(H,36,37)/b33-14-. The number of amides is 1. The summed E-state index contributed by atoms with van der Waals surface area (Å²) in [6.45, 7) is 2.31. The number of aromatic nitrogens is 1. The van der Waals surface area contributed by atoms with Crippen molar-refractivity contribution in [2.45, 2.75) is 26.1 Å². The first-order valence-electron chi connectivity index (χ1n) is 11.9. The Bertz CT molecular complexity index is 1520. The van der Waals surface area contributed by atoms with Gasteiger partial charge in [-0.3, -0.25) is 4.79 Å². The third-order valence-corrected chi connectivity index (χ3v) is 6.54. The van der Waals surface area contributed by atoms with Crippen molar-refractivity contribution in [3.63, 3.8) is 0 Å². The van der Waals surface area contributed by atoms with Crippen molar-refractivity contribution in [2.75, 3.05) is 12.4 Å². The molecule has 0 saturated heterocycles. The van der Waals surface area contributed by atoms with Gasteiger partial charge >= 0.3 is 6.18 Å². The fourth-order valence-electron chi connectivity index (χ4n) is 3.64. The first-order chi connectivity index (χ1) is 19.1. The minimum Gasteiger partial charge on any atom is -0.493 e. The normalized spacial score (nSPS) is 11.4. The van der Waals surface area contributed by atoms with Crippen LogP contribution in [0.4, 0.5) is 24.0 Å². The second kappa shape index (κ2) is 12.8. The molecule has 4 rings (SSSR count). The highest BCUT2D eigenvalue weighted by Gasteiger charge is 2.30. The summed E-state index contributed by atoms with van der Waals surface area (Å²) in [6.07, 6.45) is -3.11. The third kappa shape index (κ3) is 7.96. The SMILES string of the molecule is COc1cc(/C=N\NC(=O)Cc2csc(Nc3cccc(C(F)(F)F)c3)n2)cc(Cl)c1OCc1cccc(C)c1. The zero-order valence-electron chi connectivity index (χ0n) is 21.4. The number of benzene rings is 3. The molecule has 0 unspecified atom stereocenters. The molecule has 12 heteroatoms. The van der Waals surface area contributed by atoms with Gasteiger partial charge in [-0.05, 0) is 48.4 Å². The minimum atomic E-state index is -4.45. The molecule has 7 nitrogen and oxygen atoms in total. The molecule has 0 radical (unpaired) electrons. The molecule has 0 aliphatic heterocycles. The van der Waals surface area contributed by atoms with Crippen LogP contribution < -0.4 is 20.2 Å². The van der Waals surface area contributed by atoms with Crippen LogP contribution in [0.15, 0.2) is 71.1 Å². The lowest BCUT2D eigenvalue weighted by Gasteiger charge is -2.13. The van der Waals surface area contributed by atoms with Gasteiger partial charge in [-0.15, -0.1) is 11.3 Å². The number of alkyl halides is 3.